The molecule has 0 saturated heterocycles. The molecule has 1 aliphatic rings. The maximum Gasteiger partial charge on any atom is 0.356 e. The lowest BCUT2D eigenvalue weighted by molar-refractivity contribution is 0.0371. The number of carbonyl (C=O) groups is 1. The number of hydrogen-bond acceptors (Lipinski definition) is 3. The number of rotatable bonds is 3. The summed E-state index contributed by atoms with van der Waals surface area (Å²) in [5.41, 5.74) is 3.14. The SMILES string of the molecule is CC(C)OC(=O)c1cnc(C2CCCc3ccccc32)[nH]1. The van der Waals surface area contributed by atoms with Gasteiger partial charge in [-0.2, -0.15) is 0 Å². The largest absolute Gasteiger partial charge is 0.458 e. The van der Waals surface area contributed by atoms with Crippen molar-refractivity contribution in [2.75, 3.05) is 0 Å². The first-order chi connectivity index (χ1) is 10.1. The van der Waals surface area contributed by atoms with Crippen LogP contribution in [0.1, 0.15) is 60.0 Å². The molecule has 4 nitrogen and oxygen atoms in total. The molecule has 21 heavy (non-hydrogen) atoms. The van der Waals surface area contributed by atoms with Gasteiger partial charge in [-0.1, -0.05) is 24.3 Å². The fourth-order valence-corrected chi connectivity index (χ4v) is 2.93. The number of aromatic nitrogens is 2. The standard InChI is InChI=1S/C17H20N2O2/c1-11(2)21-17(20)15-10-18-16(19-15)14-9-5-7-12-6-3-4-8-13(12)14/h3-4,6,8,10-11,14H,5,7,9H2,1-2H3,(H,18,19). The third-order valence-corrected chi connectivity index (χ3v) is 3.86. The Morgan fingerprint density at radius 2 is 2.19 bits per heavy atom. The highest BCUT2D eigenvalue weighted by Gasteiger charge is 2.24. The van der Waals surface area contributed by atoms with Crippen molar-refractivity contribution >= 4 is 5.97 Å². The lowest BCUT2D eigenvalue weighted by Crippen LogP contribution is -2.14. The first-order valence-electron chi connectivity index (χ1n) is 7.49. The van der Waals surface area contributed by atoms with E-state index in [1.54, 1.807) is 6.20 Å². The van der Waals surface area contributed by atoms with Crippen LogP contribution in [0.4, 0.5) is 0 Å². The highest BCUT2D eigenvalue weighted by atomic mass is 16.5. The van der Waals surface area contributed by atoms with Crippen molar-refractivity contribution in [3.8, 4) is 0 Å². The molecule has 0 saturated carbocycles. The van der Waals surface area contributed by atoms with Crippen LogP contribution in [0.15, 0.2) is 30.5 Å². The lowest BCUT2D eigenvalue weighted by Gasteiger charge is -2.23. The summed E-state index contributed by atoms with van der Waals surface area (Å²) in [6.45, 7) is 3.68. The van der Waals surface area contributed by atoms with Gasteiger partial charge in [-0.25, -0.2) is 9.78 Å². The molecule has 0 aliphatic heterocycles. The van der Waals surface area contributed by atoms with Crippen molar-refractivity contribution < 1.29 is 9.53 Å². The Balaban J connectivity index is 1.86. The van der Waals surface area contributed by atoms with E-state index in [9.17, 15) is 4.79 Å². The van der Waals surface area contributed by atoms with Gasteiger partial charge in [0.2, 0.25) is 0 Å². The Hall–Kier alpha value is -2.10. The fourth-order valence-electron chi connectivity index (χ4n) is 2.93. The monoisotopic (exact) mass is 284 g/mol. The summed E-state index contributed by atoms with van der Waals surface area (Å²) in [6, 6.07) is 8.48. The predicted octanol–water partition coefficient (Wildman–Crippen LogP) is 3.44. The van der Waals surface area contributed by atoms with Gasteiger partial charge in [-0.05, 0) is 44.2 Å². The zero-order valence-electron chi connectivity index (χ0n) is 12.4. The summed E-state index contributed by atoms with van der Waals surface area (Å²) in [4.78, 5) is 19.5. The van der Waals surface area contributed by atoms with Gasteiger partial charge in [0.05, 0.1) is 12.3 Å². The predicted molar refractivity (Wildman–Crippen MR) is 80.4 cm³/mol. The number of ether oxygens (including phenoxy) is 1. The van der Waals surface area contributed by atoms with E-state index in [-0.39, 0.29) is 18.0 Å². The maximum atomic E-state index is 11.9. The molecule has 1 N–H and O–H groups in total. The number of H-pyrrole nitrogens is 1. The van der Waals surface area contributed by atoms with E-state index in [1.165, 1.54) is 11.1 Å². The zero-order chi connectivity index (χ0) is 14.8. The van der Waals surface area contributed by atoms with Crippen molar-refractivity contribution in [1.82, 2.24) is 9.97 Å². The van der Waals surface area contributed by atoms with E-state index in [0.29, 0.717) is 5.69 Å². The molecular weight excluding hydrogens is 264 g/mol. The molecule has 4 heteroatoms. The lowest BCUT2D eigenvalue weighted by atomic mass is 9.82. The second-order valence-corrected chi connectivity index (χ2v) is 5.78. The minimum Gasteiger partial charge on any atom is -0.458 e. The van der Waals surface area contributed by atoms with Crippen LogP contribution in [-0.4, -0.2) is 22.0 Å². The number of imidazole rings is 1. The molecule has 0 amide bonds. The van der Waals surface area contributed by atoms with E-state index >= 15 is 0 Å². The van der Waals surface area contributed by atoms with Crippen LogP contribution in [0, 0.1) is 0 Å². The zero-order valence-corrected chi connectivity index (χ0v) is 12.4. The van der Waals surface area contributed by atoms with Crippen LogP contribution >= 0.6 is 0 Å². The summed E-state index contributed by atoms with van der Waals surface area (Å²) in [5, 5.41) is 0. The number of esters is 1. The molecule has 1 heterocycles. The molecule has 2 aromatic rings. The van der Waals surface area contributed by atoms with Gasteiger partial charge in [0.15, 0.2) is 0 Å². The van der Waals surface area contributed by atoms with Gasteiger partial charge in [0, 0.05) is 5.92 Å². The number of benzene rings is 1. The second-order valence-electron chi connectivity index (χ2n) is 5.78. The Morgan fingerprint density at radius 3 is 3.00 bits per heavy atom. The van der Waals surface area contributed by atoms with Crippen LogP contribution in [0.25, 0.3) is 0 Å². The molecule has 0 radical (unpaired) electrons. The van der Waals surface area contributed by atoms with Crippen LogP contribution < -0.4 is 0 Å². The Labute approximate surface area is 124 Å². The van der Waals surface area contributed by atoms with Crippen LogP contribution in [0.3, 0.4) is 0 Å². The Kier molecular flexibility index (Phi) is 3.78. The minimum absolute atomic E-state index is 0.125. The molecule has 3 rings (SSSR count). The summed E-state index contributed by atoms with van der Waals surface area (Å²) in [5.74, 6) is 0.765. The molecule has 110 valence electrons. The molecule has 0 bridgehead atoms. The smallest absolute Gasteiger partial charge is 0.356 e. The topological polar surface area (TPSA) is 55.0 Å². The summed E-state index contributed by atoms with van der Waals surface area (Å²) in [7, 11) is 0. The van der Waals surface area contributed by atoms with E-state index in [1.807, 2.05) is 13.8 Å². The van der Waals surface area contributed by atoms with Gasteiger partial charge in [-0.3, -0.25) is 0 Å². The normalized spacial score (nSPS) is 17.6. The Morgan fingerprint density at radius 1 is 1.38 bits per heavy atom. The Bertz CT molecular complexity index is 646. The fraction of sp³-hybridized carbons (Fsp3) is 0.412. The van der Waals surface area contributed by atoms with Crippen molar-refractivity contribution in [1.29, 1.82) is 0 Å². The van der Waals surface area contributed by atoms with Crippen molar-refractivity contribution in [2.45, 2.75) is 45.1 Å². The van der Waals surface area contributed by atoms with Gasteiger partial charge in [0.1, 0.15) is 11.5 Å². The van der Waals surface area contributed by atoms with Crippen molar-refractivity contribution in [3.63, 3.8) is 0 Å². The number of nitrogens with one attached hydrogen (secondary N) is 1. The number of aromatic amines is 1. The van der Waals surface area contributed by atoms with E-state index in [0.717, 1.165) is 25.1 Å². The van der Waals surface area contributed by atoms with Gasteiger partial charge < -0.3 is 9.72 Å². The molecular formula is C17H20N2O2. The first kappa shape index (κ1) is 13.9. The summed E-state index contributed by atoms with van der Waals surface area (Å²) in [6.07, 6.45) is 4.78. The van der Waals surface area contributed by atoms with Gasteiger partial charge >= 0.3 is 5.97 Å². The third-order valence-electron chi connectivity index (χ3n) is 3.86. The molecule has 1 unspecified atom stereocenters. The van der Waals surface area contributed by atoms with Crippen molar-refractivity contribution in [3.05, 3.63) is 53.1 Å². The average Bonchev–Trinajstić information content (AvgIpc) is 2.95. The summed E-state index contributed by atoms with van der Waals surface area (Å²) < 4.78 is 5.20. The number of hydrogen-bond donors (Lipinski definition) is 1. The van der Waals surface area contributed by atoms with E-state index < -0.39 is 0 Å². The minimum atomic E-state index is -0.340. The third kappa shape index (κ3) is 2.84. The highest BCUT2D eigenvalue weighted by Crippen LogP contribution is 2.35. The van der Waals surface area contributed by atoms with Crippen molar-refractivity contribution in [2.24, 2.45) is 0 Å². The maximum absolute atomic E-state index is 11.9. The molecule has 1 aromatic carbocycles. The van der Waals surface area contributed by atoms with Gasteiger partial charge in [0.25, 0.3) is 0 Å². The average molecular weight is 284 g/mol. The van der Waals surface area contributed by atoms with E-state index in [2.05, 4.69) is 34.2 Å². The quantitative estimate of drug-likeness (QED) is 0.878. The molecule has 1 aromatic heterocycles. The molecule has 0 spiro atoms. The van der Waals surface area contributed by atoms with E-state index in [4.69, 9.17) is 4.74 Å². The number of carbonyl (C=O) groups excluding carboxylic acids is 1. The molecule has 0 fully saturated rings. The second kappa shape index (κ2) is 5.72. The van der Waals surface area contributed by atoms with Crippen LogP contribution in [0.2, 0.25) is 0 Å². The number of nitrogens with zero attached hydrogens (tertiary/aromatic N) is 1. The van der Waals surface area contributed by atoms with Gasteiger partial charge in [-0.15, -0.1) is 0 Å². The highest BCUT2D eigenvalue weighted by molar-refractivity contribution is 5.87. The van der Waals surface area contributed by atoms with Crippen LogP contribution in [0.5, 0.6) is 0 Å². The molecule has 1 atom stereocenters. The number of aryl methyl sites for hydroxylation is 1. The number of fused-ring (bicyclic) bond motifs is 1. The van der Waals surface area contributed by atoms with Crippen LogP contribution in [-0.2, 0) is 11.2 Å². The first-order valence-corrected chi connectivity index (χ1v) is 7.49. The summed E-state index contributed by atoms with van der Waals surface area (Å²) >= 11 is 0. The molecule has 1 aliphatic carbocycles.